The number of amides is 1. The van der Waals surface area contributed by atoms with E-state index in [-0.39, 0.29) is 16.9 Å². The number of fused-ring (bicyclic) bond motifs is 1. The quantitative estimate of drug-likeness (QED) is 0.870. The lowest BCUT2D eigenvalue weighted by Gasteiger charge is -2.12. The predicted molar refractivity (Wildman–Crippen MR) is 82.3 cm³/mol. The molecule has 7 nitrogen and oxygen atoms in total. The molecule has 1 fully saturated rings. The third-order valence-electron chi connectivity index (χ3n) is 3.86. The van der Waals surface area contributed by atoms with E-state index in [0.717, 1.165) is 18.5 Å². The fourth-order valence-electron chi connectivity index (χ4n) is 2.61. The number of carbonyl (C=O) groups is 1. The van der Waals surface area contributed by atoms with Gasteiger partial charge in [-0.05, 0) is 32.8 Å². The smallest absolute Gasteiger partial charge is 0.329 e. The molecule has 2 aromatic rings. The van der Waals surface area contributed by atoms with Crippen LogP contribution in [0.2, 0.25) is 0 Å². The van der Waals surface area contributed by atoms with Gasteiger partial charge in [-0.1, -0.05) is 0 Å². The average Bonchev–Trinajstić information content (AvgIpc) is 3.31. The number of hydrogen-bond acceptors (Lipinski definition) is 4. The number of aromatic amines is 1. The Bertz CT molecular complexity index is 861. The summed E-state index contributed by atoms with van der Waals surface area (Å²) >= 11 is 0. The molecule has 0 radical (unpaired) electrons. The van der Waals surface area contributed by atoms with Gasteiger partial charge < -0.3 is 5.32 Å². The third kappa shape index (κ3) is 2.32. The van der Waals surface area contributed by atoms with E-state index in [1.165, 1.54) is 4.57 Å². The molecule has 0 aliphatic heterocycles. The molecule has 3 rings (SSSR count). The second kappa shape index (κ2) is 5.40. The largest absolute Gasteiger partial charge is 0.352 e. The molecule has 1 aliphatic rings. The fraction of sp³-hybridized carbons (Fsp3) is 0.467. The molecule has 0 spiro atoms. The number of aryl methyl sites for hydroxylation is 1. The Labute approximate surface area is 126 Å². The number of hydrogen-bond donors (Lipinski definition) is 2. The van der Waals surface area contributed by atoms with Crippen LogP contribution in [0.1, 0.15) is 48.7 Å². The molecule has 2 N–H and O–H groups in total. The molecule has 1 saturated carbocycles. The van der Waals surface area contributed by atoms with Gasteiger partial charge in [0.05, 0.1) is 10.9 Å². The Kier molecular flexibility index (Phi) is 3.56. The highest BCUT2D eigenvalue weighted by Gasteiger charge is 2.28. The zero-order valence-corrected chi connectivity index (χ0v) is 12.6. The van der Waals surface area contributed by atoms with Crippen LogP contribution in [0.25, 0.3) is 11.0 Å². The van der Waals surface area contributed by atoms with Crippen LogP contribution in [-0.2, 0) is 6.54 Å². The first-order chi connectivity index (χ1) is 10.6. The van der Waals surface area contributed by atoms with Crippen molar-refractivity contribution in [3.05, 3.63) is 38.2 Å². The maximum absolute atomic E-state index is 12.3. The van der Waals surface area contributed by atoms with Gasteiger partial charge in [0.2, 0.25) is 0 Å². The van der Waals surface area contributed by atoms with Crippen molar-refractivity contribution in [3.8, 4) is 0 Å². The van der Waals surface area contributed by atoms with Crippen LogP contribution in [0.15, 0.2) is 15.7 Å². The monoisotopic (exact) mass is 302 g/mol. The van der Waals surface area contributed by atoms with Gasteiger partial charge in [-0.3, -0.25) is 19.1 Å². The van der Waals surface area contributed by atoms with Crippen LogP contribution >= 0.6 is 0 Å². The third-order valence-corrected chi connectivity index (χ3v) is 3.86. The highest BCUT2D eigenvalue weighted by molar-refractivity contribution is 6.05. The van der Waals surface area contributed by atoms with E-state index in [1.807, 2.05) is 6.92 Å². The van der Waals surface area contributed by atoms with Crippen LogP contribution in [0.4, 0.5) is 0 Å². The van der Waals surface area contributed by atoms with Crippen molar-refractivity contribution in [3.63, 3.8) is 0 Å². The minimum atomic E-state index is -0.569. The Morgan fingerprint density at radius 3 is 2.73 bits per heavy atom. The summed E-state index contributed by atoms with van der Waals surface area (Å²) in [6.45, 7) is 4.46. The number of carbonyl (C=O) groups excluding carboxylic acids is 1. The summed E-state index contributed by atoms with van der Waals surface area (Å²) in [5, 5.41) is 2.89. The van der Waals surface area contributed by atoms with Crippen molar-refractivity contribution < 1.29 is 4.79 Å². The number of aromatic nitrogens is 3. The van der Waals surface area contributed by atoms with Crippen molar-refractivity contribution >= 4 is 16.9 Å². The lowest BCUT2D eigenvalue weighted by atomic mass is 10.1. The van der Waals surface area contributed by atoms with Crippen LogP contribution in [0, 0.1) is 0 Å². The maximum atomic E-state index is 12.3. The van der Waals surface area contributed by atoms with Gasteiger partial charge >= 0.3 is 5.69 Å². The van der Waals surface area contributed by atoms with Crippen molar-refractivity contribution in [2.24, 2.45) is 0 Å². The van der Waals surface area contributed by atoms with Gasteiger partial charge in [0, 0.05) is 24.7 Å². The van der Waals surface area contributed by atoms with Crippen molar-refractivity contribution in [2.75, 3.05) is 6.54 Å². The Balaban J connectivity index is 2.39. The fourth-order valence-corrected chi connectivity index (χ4v) is 2.61. The van der Waals surface area contributed by atoms with Gasteiger partial charge in [0.1, 0.15) is 0 Å². The number of nitrogens with one attached hydrogen (secondary N) is 2. The predicted octanol–water partition coefficient (Wildman–Crippen LogP) is 0.732. The van der Waals surface area contributed by atoms with Gasteiger partial charge in [0.25, 0.3) is 11.5 Å². The summed E-state index contributed by atoms with van der Waals surface area (Å²) in [5.41, 5.74) is 0.295. The molecule has 7 heteroatoms. The standard InChI is InChI=1S/C15H18N4O3/c1-3-16-13(20)9-7-10(8-5-6-8)17-12-11(9)14(21)18-15(22)19(12)4-2/h7-8H,3-6H2,1-2H3,(H,16,20)(H,18,21,22). The second-order valence-electron chi connectivity index (χ2n) is 5.43. The van der Waals surface area contributed by atoms with Crippen LogP contribution in [-0.4, -0.2) is 27.0 Å². The summed E-state index contributed by atoms with van der Waals surface area (Å²) in [4.78, 5) is 43.2. The molecule has 1 aliphatic carbocycles. The number of nitrogens with zero attached hydrogens (tertiary/aromatic N) is 2. The van der Waals surface area contributed by atoms with E-state index in [0.29, 0.717) is 24.7 Å². The summed E-state index contributed by atoms with van der Waals surface area (Å²) < 4.78 is 1.39. The first-order valence-electron chi connectivity index (χ1n) is 7.52. The molecule has 1 amide bonds. The van der Waals surface area contributed by atoms with Crippen LogP contribution in [0.5, 0.6) is 0 Å². The molecular weight excluding hydrogens is 284 g/mol. The second-order valence-corrected chi connectivity index (χ2v) is 5.43. The van der Waals surface area contributed by atoms with E-state index in [1.54, 1.807) is 13.0 Å². The Morgan fingerprint density at radius 2 is 2.14 bits per heavy atom. The number of pyridine rings is 1. The van der Waals surface area contributed by atoms with Gasteiger partial charge in [-0.2, -0.15) is 0 Å². The van der Waals surface area contributed by atoms with E-state index in [2.05, 4.69) is 15.3 Å². The van der Waals surface area contributed by atoms with Gasteiger partial charge in [-0.25, -0.2) is 9.78 Å². The van der Waals surface area contributed by atoms with Crippen molar-refractivity contribution in [2.45, 2.75) is 39.2 Å². The summed E-state index contributed by atoms with van der Waals surface area (Å²) in [5.74, 6) is 0.000810. The molecule has 0 aromatic carbocycles. The maximum Gasteiger partial charge on any atom is 0.329 e. The molecule has 2 aromatic heterocycles. The molecule has 0 unspecified atom stereocenters. The van der Waals surface area contributed by atoms with E-state index < -0.39 is 11.2 Å². The van der Waals surface area contributed by atoms with Crippen molar-refractivity contribution in [1.82, 2.24) is 19.9 Å². The average molecular weight is 302 g/mol. The van der Waals surface area contributed by atoms with Crippen molar-refractivity contribution in [1.29, 1.82) is 0 Å². The minimum absolute atomic E-state index is 0.178. The zero-order chi connectivity index (χ0) is 15.9. The molecule has 0 atom stereocenters. The first-order valence-corrected chi connectivity index (χ1v) is 7.52. The summed E-state index contributed by atoms with van der Waals surface area (Å²) in [6.07, 6.45) is 2.04. The Morgan fingerprint density at radius 1 is 1.41 bits per heavy atom. The number of H-pyrrole nitrogens is 1. The molecule has 0 saturated heterocycles. The lowest BCUT2D eigenvalue weighted by molar-refractivity contribution is 0.0957. The minimum Gasteiger partial charge on any atom is -0.352 e. The molecule has 0 bridgehead atoms. The molecule has 2 heterocycles. The van der Waals surface area contributed by atoms with Gasteiger partial charge in [-0.15, -0.1) is 0 Å². The lowest BCUT2D eigenvalue weighted by Crippen LogP contribution is -2.33. The zero-order valence-electron chi connectivity index (χ0n) is 12.6. The van der Waals surface area contributed by atoms with Crippen LogP contribution in [0.3, 0.4) is 0 Å². The molecule has 22 heavy (non-hydrogen) atoms. The van der Waals surface area contributed by atoms with E-state index >= 15 is 0 Å². The summed E-state index contributed by atoms with van der Waals surface area (Å²) in [6, 6.07) is 1.69. The molecular formula is C15H18N4O3. The normalized spacial score (nSPS) is 14.3. The number of rotatable bonds is 4. The van der Waals surface area contributed by atoms with Crippen LogP contribution < -0.4 is 16.6 Å². The highest BCUT2D eigenvalue weighted by Crippen LogP contribution is 2.39. The van der Waals surface area contributed by atoms with E-state index in [4.69, 9.17) is 0 Å². The van der Waals surface area contributed by atoms with E-state index in [9.17, 15) is 14.4 Å². The Hall–Kier alpha value is -2.44. The molecule has 116 valence electrons. The summed E-state index contributed by atoms with van der Waals surface area (Å²) in [7, 11) is 0. The first kappa shape index (κ1) is 14.5. The van der Waals surface area contributed by atoms with Gasteiger partial charge in [0.15, 0.2) is 5.65 Å². The SMILES string of the molecule is CCNC(=O)c1cc(C2CC2)nc2c1c(=O)[nH]c(=O)n2CC. The topological polar surface area (TPSA) is 96.8 Å². The highest BCUT2D eigenvalue weighted by atomic mass is 16.2.